The van der Waals surface area contributed by atoms with Gasteiger partial charge >= 0.3 is 0 Å². The maximum atomic E-state index is 13.9. The molecular weight excluding hydrogens is 548 g/mol. The molecule has 2 amide bonds. The van der Waals surface area contributed by atoms with E-state index >= 15 is 0 Å². The first kappa shape index (κ1) is 30.0. The molecule has 0 aromatic heterocycles. The fraction of sp³-hybridized carbons (Fsp3) is 0.286. The van der Waals surface area contributed by atoms with Crippen LogP contribution >= 0.6 is 11.6 Å². The molecule has 208 valence electrons. The van der Waals surface area contributed by atoms with E-state index in [1.807, 2.05) is 0 Å². The molecule has 3 rings (SSSR count). The van der Waals surface area contributed by atoms with Crippen molar-refractivity contribution in [1.29, 1.82) is 0 Å². The second kappa shape index (κ2) is 12.1. The number of nitrogens with one attached hydrogen (secondary N) is 1. The van der Waals surface area contributed by atoms with Crippen molar-refractivity contribution in [3.63, 3.8) is 0 Å². The van der Waals surface area contributed by atoms with Crippen molar-refractivity contribution in [3.8, 4) is 0 Å². The summed E-state index contributed by atoms with van der Waals surface area (Å²) in [6.07, 6.45) is 0. The van der Waals surface area contributed by atoms with Crippen LogP contribution in [0.15, 0.2) is 77.7 Å². The van der Waals surface area contributed by atoms with Gasteiger partial charge in [0.1, 0.15) is 24.2 Å². The summed E-state index contributed by atoms with van der Waals surface area (Å²) < 4.78 is 55.6. The van der Waals surface area contributed by atoms with Gasteiger partial charge in [0.2, 0.25) is 11.8 Å². The Morgan fingerprint density at radius 2 is 1.59 bits per heavy atom. The Labute approximate surface area is 232 Å². The van der Waals surface area contributed by atoms with E-state index in [9.17, 15) is 26.8 Å². The third-order valence-electron chi connectivity index (χ3n) is 5.73. The highest BCUT2D eigenvalue weighted by Gasteiger charge is 2.33. The summed E-state index contributed by atoms with van der Waals surface area (Å²) >= 11 is 5.95. The average Bonchev–Trinajstić information content (AvgIpc) is 2.87. The normalized spacial score (nSPS) is 12.5. The Balaban J connectivity index is 2.04. The SMILES string of the molecule is C[C@@H](C(=O)NC(C)(C)C)N(Cc1ccc(F)cc1)C(=O)CN(c1ccc(F)c(Cl)c1)S(=O)(=O)c1ccccc1. The zero-order valence-electron chi connectivity index (χ0n) is 22.0. The van der Waals surface area contributed by atoms with Crippen LogP contribution in [0.1, 0.15) is 33.3 Å². The number of amides is 2. The number of benzene rings is 3. The van der Waals surface area contributed by atoms with Crippen molar-refractivity contribution in [1.82, 2.24) is 10.2 Å². The minimum absolute atomic E-state index is 0.0351. The van der Waals surface area contributed by atoms with E-state index in [1.54, 1.807) is 26.8 Å². The molecule has 3 aromatic carbocycles. The molecule has 0 unspecified atom stereocenters. The minimum Gasteiger partial charge on any atom is -0.350 e. The van der Waals surface area contributed by atoms with Crippen LogP contribution in [0.25, 0.3) is 0 Å². The highest BCUT2D eigenvalue weighted by atomic mass is 35.5. The van der Waals surface area contributed by atoms with Crippen molar-refractivity contribution in [3.05, 3.63) is 95.0 Å². The molecule has 0 bridgehead atoms. The highest BCUT2D eigenvalue weighted by molar-refractivity contribution is 7.92. The van der Waals surface area contributed by atoms with E-state index < -0.39 is 51.6 Å². The summed E-state index contributed by atoms with van der Waals surface area (Å²) in [7, 11) is -4.31. The van der Waals surface area contributed by atoms with Crippen LogP contribution in [-0.4, -0.2) is 43.3 Å². The van der Waals surface area contributed by atoms with Gasteiger partial charge in [-0.2, -0.15) is 0 Å². The number of nitrogens with zero attached hydrogens (tertiary/aromatic N) is 2. The van der Waals surface area contributed by atoms with Crippen molar-refractivity contribution < 1.29 is 26.8 Å². The summed E-state index contributed by atoms with van der Waals surface area (Å²) in [5.41, 5.74) is -0.0988. The molecule has 0 saturated heterocycles. The highest BCUT2D eigenvalue weighted by Crippen LogP contribution is 2.28. The van der Waals surface area contributed by atoms with Crippen LogP contribution in [0, 0.1) is 11.6 Å². The Hall–Kier alpha value is -3.50. The zero-order chi connectivity index (χ0) is 29.0. The van der Waals surface area contributed by atoms with Crippen LogP contribution < -0.4 is 9.62 Å². The molecule has 0 aliphatic rings. The second-order valence-electron chi connectivity index (χ2n) is 9.99. The molecule has 0 aliphatic heterocycles. The van der Waals surface area contributed by atoms with Gasteiger partial charge in [-0.05, 0) is 75.7 Å². The first-order valence-electron chi connectivity index (χ1n) is 12.1. The van der Waals surface area contributed by atoms with E-state index in [2.05, 4.69) is 5.32 Å². The van der Waals surface area contributed by atoms with Crippen molar-refractivity contribution in [2.45, 2.75) is 50.7 Å². The number of rotatable bonds is 9. The molecule has 39 heavy (non-hydrogen) atoms. The number of hydrogen-bond acceptors (Lipinski definition) is 4. The Morgan fingerprint density at radius 1 is 0.974 bits per heavy atom. The van der Waals surface area contributed by atoms with E-state index in [0.29, 0.717) is 5.56 Å². The number of hydrogen-bond donors (Lipinski definition) is 1. The number of carbonyl (C=O) groups is 2. The van der Waals surface area contributed by atoms with Gasteiger partial charge in [0.05, 0.1) is 15.6 Å². The molecule has 0 fully saturated rings. The number of halogens is 3. The first-order valence-corrected chi connectivity index (χ1v) is 13.9. The molecule has 0 heterocycles. The fourth-order valence-electron chi connectivity index (χ4n) is 3.73. The topological polar surface area (TPSA) is 86.8 Å². The van der Waals surface area contributed by atoms with Crippen LogP contribution in [-0.2, 0) is 26.2 Å². The van der Waals surface area contributed by atoms with Crippen LogP contribution in [0.5, 0.6) is 0 Å². The third kappa shape index (κ3) is 7.77. The molecule has 0 aliphatic carbocycles. The Kier molecular flexibility index (Phi) is 9.34. The van der Waals surface area contributed by atoms with Crippen molar-refractivity contribution in [2.24, 2.45) is 0 Å². The molecule has 3 aromatic rings. The summed E-state index contributed by atoms with van der Waals surface area (Å²) in [5.74, 6) is -2.39. The van der Waals surface area contributed by atoms with Crippen LogP contribution in [0.3, 0.4) is 0 Å². The quantitative estimate of drug-likeness (QED) is 0.381. The van der Waals surface area contributed by atoms with Crippen molar-refractivity contribution in [2.75, 3.05) is 10.8 Å². The van der Waals surface area contributed by atoms with Gasteiger partial charge in [0.25, 0.3) is 10.0 Å². The summed E-state index contributed by atoms with van der Waals surface area (Å²) in [4.78, 5) is 28.0. The zero-order valence-corrected chi connectivity index (χ0v) is 23.6. The van der Waals surface area contributed by atoms with Gasteiger partial charge in [-0.15, -0.1) is 0 Å². The molecule has 0 saturated carbocycles. The van der Waals surface area contributed by atoms with E-state index in [4.69, 9.17) is 11.6 Å². The lowest BCUT2D eigenvalue weighted by Gasteiger charge is -2.33. The molecule has 0 spiro atoms. The lowest BCUT2D eigenvalue weighted by atomic mass is 10.1. The number of anilines is 1. The van der Waals surface area contributed by atoms with Gasteiger partial charge < -0.3 is 10.2 Å². The number of carbonyl (C=O) groups excluding carboxylic acids is 2. The van der Waals surface area contributed by atoms with Crippen LogP contribution in [0.4, 0.5) is 14.5 Å². The van der Waals surface area contributed by atoms with Gasteiger partial charge in [0.15, 0.2) is 0 Å². The van der Waals surface area contributed by atoms with E-state index in [0.717, 1.165) is 16.4 Å². The lowest BCUT2D eigenvalue weighted by Crippen LogP contribution is -2.54. The Bertz CT molecular complexity index is 1430. The molecule has 0 radical (unpaired) electrons. The fourth-order valence-corrected chi connectivity index (χ4v) is 5.33. The molecule has 7 nitrogen and oxygen atoms in total. The third-order valence-corrected chi connectivity index (χ3v) is 7.81. The summed E-state index contributed by atoms with van der Waals surface area (Å²) in [6.45, 7) is 6.07. The maximum Gasteiger partial charge on any atom is 0.264 e. The molecule has 1 atom stereocenters. The van der Waals surface area contributed by atoms with E-state index in [1.165, 1.54) is 66.4 Å². The predicted molar refractivity (Wildman–Crippen MR) is 147 cm³/mol. The van der Waals surface area contributed by atoms with E-state index in [-0.39, 0.29) is 22.2 Å². The summed E-state index contributed by atoms with van der Waals surface area (Å²) in [5, 5.41) is 2.50. The second-order valence-corrected chi connectivity index (χ2v) is 12.3. The molecule has 11 heteroatoms. The molecule has 1 N–H and O–H groups in total. The maximum absolute atomic E-state index is 13.9. The lowest BCUT2D eigenvalue weighted by molar-refractivity contribution is -0.140. The number of sulfonamides is 1. The van der Waals surface area contributed by atoms with Gasteiger partial charge in [-0.3, -0.25) is 13.9 Å². The predicted octanol–water partition coefficient (Wildman–Crippen LogP) is 5.15. The first-order chi connectivity index (χ1) is 18.2. The standard InChI is InChI=1S/C28H30ClF2N3O4S/c1-19(27(36)32-28(2,3)4)33(17-20-10-12-21(30)13-11-20)26(35)18-34(22-14-15-25(31)24(29)16-22)39(37,38)23-8-6-5-7-9-23/h5-16,19H,17-18H2,1-4H3,(H,32,36)/t19-/m0/s1. The van der Waals surface area contributed by atoms with Crippen LogP contribution in [0.2, 0.25) is 5.02 Å². The Morgan fingerprint density at radius 3 is 2.15 bits per heavy atom. The smallest absolute Gasteiger partial charge is 0.264 e. The minimum atomic E-state index is -4.31. The average molecular weight is 578 g/mol. The van der Waals surface area contributed by atoms with Gasteiger partial charge in [0, 0.05) is 12.1 Å². The monoisotopic (exact) mass is 577 g/mol. The molecular formula is C28H30ClF2N3O4S. The van der Waals surface area contributed by atoms with Gasteiger partial charge in [-0.25, -0.2) is 17.2 Å². The van der Waals surface area contributed by atoms with Crippen molar-refractivity contribution >= 4 is 39.1 Å². The largest absolute Gasteiger partial charge is 0.350 e. The summed E-state index contributed by atoms with van der Waals surface area (Å²) in [6, 6.07) is 15.2. The van der Waals surface area contributed by atoms with Gasteiger partial charge in [-0.1, -0.05) is 41.9 Å².